The molecule has 1 amide bonds. The molecule has 1 N–H and O–H groups in total. The van der Waals surface area contributed by atoms with Gasteiger partial charge in [0, 0.05) is 22.5 Å². The van der Waals surface area contributed by atoms with Gasteiger partial charge < -0.3 is 10.2 Å². The normalized spacial score (nSPS) is 17.1. The van der Waals surface area contributed by atoms with Crippen LogP contribution < -0.4 is 5.32 Å². The highest BCUT2D eigenvalue weighted by molar-refractivity contribution is 9.10. The van der Waals surface area contributed by atoms with Gasteiger partial charge >= 0.3 is 0 Å². The Morgan fingerprint density at radius 3 is 2.80 bits per heavy atom. The predicted molar refractivity (Wildman–Crippen MR) is 88.6 cm³/mol. The molecule has 5 heteroatoms. The van der Waals surface area contributed by atoms with Crippen molar-refractivity contribution in [3.8, 4) is 0 Å². The van der Waals surface area contributed by atoms with Crippen molar-refractivity contribution >= 4 is 34.5 Å². The largest absolute Gasteiger partial charge is 0.352 e. The fraction of sp³-hybridized carbons (Fsp3) is 0.533. The van der Waals surface area contributed by atoms with Crippen LogP contribution in [0.1, 0.15) is 30.1 Å². The summed E-state index contributed by atoms with van der Waals surface area (Å²) < 4.78 is 0.932. The number of amides is 1. The van der Waals surface area contributed by atoms with Crippen molar-refractivity contribution in [1.82, 2.24) is 10.2 Å². The van der Waals surface area contributed by atoms with E-state index in [2.05, 4.69) is 45.7 Å². The summed E-state index contributed by atoms with van der Waals surface area (Å²) in [5, 5.41) is 3.00. The molecule has 1 atom stereocenters. The molecule has 2 rings (SSSR count). The molecular formula is C15H21BrN2OS. The number of hydrogen-bond donors (Lipinski definition) is 2. The molecule has 1 aromatic carbocycles. The van der Waals surface area contributed by atoms with E-state index in [-0.39, 0.29) is 5.91 Å². The predicted octanol–water partition coefficient (Wildman–Crippen LogP) is 3.20. The summed E-state index contributed by atoms with van der Waals surface area (Å²) in [6.07, 6.45) is 2.61. The third-order valence-corrected chi connectivity index (χ3v) is 4.45. The molecule has 1 aromatic rings. The monoisotopic (exact) mass is 356 g/mol. The Kier molecular flexibility index (Phi) is 5.93. The van der Waals surface area contributed by atoms with Crippen LogP contribution in [0.5, 0.6) is 0 Å². The highest BCUT2D eigenvalue weighted by Crippen LogP contribution is 2.19. The average Bonchev–Trinajstić information content (AvgIpc) is 2.89. The van der Waals surface area contributed by atoms with E-state index in [9.17, 15) is 4.79 Å². The minimum absolute atomic E-state index is 0.0456. The zero-order valence-corrected chi connectivity index (χ0v) is 14.2. The second-order valence-electron chi connectivity index (χ2n) is 5.48. The zero-order chi connectivity index (χ0) is 14.5. The van der Waals surface area contributed by atoms with Gasteiger partial charge in [-0.3, -0.25) is 4.79 Å². The molecule has 1 aliphatic heterocycles. The Balaban J connectivity index is 1.81. The molecule has 0 saturated carbocycles. The molecule has 0 aliphatic carbocycles. The van der Waals surface area contributed by atoms with E-state index in [1.807, 2.05) is 12.1 Å². The van der Waals surface area contributed by atoms with E-state index < -0.39 is 0 Å². The van der Waals surface area contributed by atoms with Crippen molar-refractivity contribution < 1.29 is 4.79 Å². The summed E-state index contributed by atoms with van der Waals surface area (Å²) in [4.78, 5) is 15.3. The number of nitrogens with zero attached hydrogens (tertiary/aromatic N) is 1. The first-order valence-electron chi connectivity index (χ1n) is 7.05. The van der Waals surface area contributed by atoms with Crippen LogP contribution in [0, 0.1) is 5.92 Å². The van der Waals surface area contributed by atoms with Crippen molar-refractivity contribution in [3.05, 3.63) is 28.2 Å². The smallest absolute Gasteiger partial charge is 0.252 e. The van der Waals surface area contributed by atoms with Crippen LogP contribution in [-0.2, 0) is 0 Å². The van der Waals surface area contributed by atoms with Gasteiger partial charge in [-0.2, -0.15) is 0 Å². The number of hydrogen-bond acceptors (Lipinski definition) is 3. The number of likely N-dealkylation sites (tertiary alicyclic amines) is 1. The van der Waals surface area contributed by atoms with Gasteiger partial charge in [0.05, 0.1) is 5.56 Å². The fourth-order valence-electron chi connectivity index (χ4n) is 2.53. The Morgan fingerprint density at radius 2 is 2.15 bits per heavy atom. The van der Waals surface area contributed by atoms with Crippen molar-refractivity contribution in [2.45, 2.75) is 24.7 Å². The topological polar surface area (TPSA) is 32.3 Å². The number of thiol groups is 1. The van der Waals surface area contributed by atoms with Crippen LogP contribution in [0.4, 0.5) is 0 Å². The highest BCUT2D eigenvalue weighted by Gasteiger charge is 2.16. The van der Waals surface area contributed by atoms with Crippen LogP contribution in [-0.4, -0.2) is 37.0 Å². The summed E-state index contributed by atoms with van der Waals surface area (Å²) in [5.41, 5.74) is 0.630. The third-order valence-electron chi connectivity index (χ3n) is 3.58. The molecule has 1 heterocycles. The summed E-state index contributed by atoms with van der Waals surface area (Å²) in [6.45, 7) is 6.35. The number of nitrogens with one attached hydrogen (secondary N) is 1. The van der Waals surface area contributed by atoms with E-state index in [0.29, 0.717) is 22.9 Å². The molecule has 0 aromatic heterocycles. The SMILES string of the molecule is CC(CNC(=O)c1ccc(Br)cc1S)CN1CCCC1. The molecule has 3 nitrogen and oxygen atoms in total. The van der Waals surface area contributed by atoms with Crippen molar-refractivity contribution in [1.29, 1.82) is 0 Å². The maximum absolute atomic E-state index is 12.1. The van der Waals surface area contributed by atoms with Crippen molar-refractivity contribution in [2.75, 3.05) is 26.2 Å². The first-order valence-corrected chi connectivity index (χ1v) is 8.29. The van der Waals surface area contributed by atoms with E-state index in [0.717, 1.165) is 11.0 Å². The number of carbonyl (C=O) groups excluding carboxylic acids is 1. The van der Waals surface area contributed by atoms with Gasteiger partial charge in [-0.15, -0.1) is 12.6 Å². The van der Waals surface area contributed by atoms with Crippen LogP contribution >= 0.6 is 28.6 Å². The van der Waals surface area contributed by atoms with Gasteiger partial charge in [0.1, 0.15) is 0 Å². The second-order valence-corrected chi connectivity index (χ2v) is 6.88. The maximum Gasteiger partial charge on any atom is 0.252 e. The number of halogens is 1. The zero-order valence-electron chi connectivity index (χ0n) is 11.7. The number of rotatable bonds is 5. The average molecular weight is 357 g/mol. The van der Waals surface area contributed by atoms with E-state index in [4.69, 9.17) is 0 Å². The molecule has 20 heavy (non-hydrogen) atoms. The molecular weight excluding hydrogens is 336 g/mol. The van der Waals surface area contributed by atoms with Gasteiger partial charge in [-0.25, -0.2) is 0 Å². The lowest BCUT2D eigenvalue weighted by Crippen LogP contribution is -2.34. The van der Waals surface area contributed by atoms with E-state index in [1.165, 1.54) is 25.9 Å². The van der Waals surface area contributed by atoms with Gasteiger partial charge in [0.2, 0.25) is 0 Å². The lowest BCUT2D eigenvalue weighted by molar-refractivity contribution is 0.0942. The van der Waals surface area contributed by atoms with Crippen LogP contribution in [0.25, 0.3) is 0 Å². The van der Waals surface area contributed by atoms with Crippen LogP contribution in [0.15, 0.2) is 27.6 Å². The third kappa shape index (κ3) is 4.50. The number of carbonyl (C=O) groups is 1. The summed E-state index contributed by atoms with van der Waals surface area (Å²) >= 11 is 7.72. The van der Waals surface area contributed by atoms with Gasteiger partial charge in [0.15, 0.2) is 0 Å². The van der Waals surface area contributed by atoms with Gasteiger partial charge in [-0.1, -0.05) is 22.9 Å². The maximum atomic E-state index is 12.1. The van der Waals surface area contributed by atoms with Crippen molar-refractivity contribution in [2.24, 2.45) is 5.92 Å². The molecule has 110 valence electrons. The first-order chi connectivity index (χ1) is 9.56. The van der Waals surface area contributed by atoms with Gasteiger partial charge in [0.25, 0.3) is 5.91 Å². The Morgan fingerprint density at radius 1 is 1.45 bits per heavy atom. The molecule has 1 fully saturated rings. The molecule has 0 bridgehead atoms. The van der Waals surface area contributed by atoms with E-state index in [1.54, 1.807) is 6.07 Å². The summed E-state index contributed by atoms with van der Waals surface area (Å²) in [5.74, 6) is 0.423. The Hall–Kier alpha value is -0.520. The summed E-state index contributed by atoms with van der Waals surface area (Å²) in [7, 11) is 0. The van der Waals surface area contributed by atoms with E-state index >= 15 is 0 Å². The van der Waals surface area contributed by atoms with Crippen LogP contribution in [0.3, 0.4) is 0 Å². The lowest BCUT2D eigenvalue weighted by atomic mass is 10.1. The second kappa shape index (κ2) is 7.48. The molecule has 1 unspecified atom stereocenters. The highest BCUT2D eigenvalue weighted by atomic mass is 79.9. The minimum atomic E-state index is -0.0456. The Labute approximate surface area is 134 Å². The lowest BCUT2D eigenvalue weighted by Gasteiger charge is -2.20. The quantitative estimate of drug-likeness (QED) is 0.794. The molecule has 1 saturated heterocycles. The first kappa shape index (κ1) is 15.9. The molecule has 1 aliphatic rings. The Bertz CT molecular complexity index is 475. The van der Waals surface area contributed by atoms with Gasteiger partial charge in [-0.05, 0) is 50.0 Å². The minimum Gasteiger partial charge on any atom is -0.352 e. The fourth-order valence-corrected chi connectivity index (χ4v) is 3.38. The van der Waals surface area contributed by atoms with Crippen LogP contribution in [0.2, 0.25) is 0 Å². The van der Waals surface area contributed by atoms with Crippen molar-refractivity contribution in [3.63, 3.8) is 0 Å². The number of benzene rings is 1. The molecule has 0 radical (unpaired) electrons. The standard InChI is InChI=1S/C15H21BrN2OS/c1-11(10-18-6-2-3-7-18)9-17-15(19)13-5-4-12(16)8-14(13)20/h4-5,8,11,20H,2-3,6-7,9-10H2,1H3,(H,17,19). The molecule has 0 spiro atoms. The summed E-state index contributed by atoms with van der Waals surface area (Å²) in [6, 6.07) is 5.50.